The van der Waals surface area contributed by atoms with Gasteiger partial charge in [0.25, 0.3) is 0 Å². The van der Waals surface area contributed by atoms with E-state index in [1.165, 1.54) is 0 Å². The van der Waals surface area contributed by atoms with Gasteiger partial charge in [0.1, 0.15) is 0 Å². The van der Waals surface area contributed by atoms with E-state index in [1.807, 2.05) is 29.2 Å². The van der Waals surface area contributed by atoms with Crippen LogP contribution in [0.25, 0.3) is 0 Å². The van der Waals surface area contributed by atoms with Crippen LogP contribution in [0.1, 0.15) is 12.8 Å². The highest BCUT2D eigenvalue weighted by Crippen LogP contribution is 2.21. The minimum absolute atomic E-state index is 0.0596. The van der Waals surface area contributed by atoms with Crippen LogP contribution in [0.4, 0.5) is 5.69 Å². The third-order valence-electron chi connectivity index (χ3n) is 3.42. The number of carbonyl (C=O) groups is 2. The van der Waals surface area contributed by atoms with Gasteiger partial charge in [-0.3, -0.25) is 9.59 Å². The van der Waals surface area contributed by atoms with Crippen molar-refractivity contribution < 1.29 is 14.7 Å². The summed E-state index contributed by atoms with van der Waals surface area (Å²) in [6.07, 6.45) is 1.04. The molecule has 5 nitrogen and oxygen atoms in total. The lowest BCUT2D eigenvalue weighted by Crippen LogP contribution is -2.27. The first-order valence-electron chi connectivity index (χ1n) is 6.56. The van der Waals surface area contributed by atoms with Crippen LogP contribution in [-0.4, -0.2) is 41.5 Å². The Hall–Kier alpha value is -1.40. The molecule has 20 heavy (non-hydrogen) atoms. The summed E-state index contributed by atoms with van der Waals surface area (Å²) in [5, 5.41) is 11.8. The summed E-state index contributed by atoms with van der Waals surface area (Å²) in [6, 6.07) is 7.44. The highest BCUT2D eigenvalue weighted by molar-refractivity contribution is 9.10. The van der Waals surface area contributed by atoms with Crippen LogP contribution >= 0.6 is 15.9 Å². The van der Waals surface area contributed by atoms with Gasteiger partial charge < -0.3 is 15.3 Å². The average molecular weight is 341 g/mol. The Morgan fingerprint density at radius 3 is 2.80 bits per heavy atom. The number of para-hydroxylation sites is 1. The van der Waals surface area contributed by atoms with Crippen molar-refractivity contribution in [3.8, 4) is 0 Å². The Kier molecular flexibility index (Phi) is 5.14. The minimum atomic E-state index is -0.745. The molecule has 0 aliphatic carbocycles. The molecule has 108 valence electrons. The third-order valence-corrected chi connectivity index (χ3v) is 4.12. The molecule has 1 aromatic rings. The molecule has 0 aromatic heterocycles. The summed E-state index contributed by atoms with van der Waals surface area (Å²) in [6.45, 7) is 1.89. The fraction of sp³-hybridized carbons (Fsp3) is 0.429. The minimum Gasteiger partial charge on any atom is -0.481 e. The van der Waals surface area contributed by atoms with Crippen LogP contribution in [-0.2, 0) is 9.59 Å². The fourth-order valence-corrected chi connectivity index (χ4v) is 2.66. The van der Waals surface area contributed by atoms with Gasteiger partial charge in [0.05, 0.1) is 11.6 Å². The average Bonchev–Trinajstić information content (AvgIpc) is 2.88. The van der Waals surface area contributed by atoms with Crippen LogP contribution in [0.15, 0.2) is 28.7 Å². The van der Waals surface area contributed by atoms with Crippen LogP contribution in [0.2, 0.25) is 0 Å². The van der Waals surface area contributed by atoms with Crippen LogP contribution in [0, 0.1) is 5.92 Å². The number of carbonyl (C=O) groups excluding carboxylic acids is 1. The van der Waals surface area contributed by atoms with Gasteiger partial charge in [-0.15, -0.1) is 0 Å². The highest BCUT2D eigenvalue weighted by atomic mass is 79.9. The smallest absolute Gasteiger partial charge is 0.307 e. The lowest BCUT2D eigenvalue weighted by molar-refractivity contribution is -0.141. The molecule has 1 aliphatic rings. The van der Waals surface area contributed by atoms with Crippen LogP contribution in [0.3, 0.4) is 0 Å². The molecule has 0 saturated carbocycles. The number of carboxylic acids is 1. The number of likely N-dealkylation sites (tertiary alicyclic amines) is 1. The lowest BCUT2D eigenvalue weighted by Gasteiger charge is -2.15. The van der Waals surface area contributed by atoms with Gasteiger partial charge in [0.15, 0.2) is 0 Å². The van der Waals surface area contributed by atoms with Gasteiger partial charge in [0, 0.05) is 24.0 Å². The Morgan fingerprint density at radius 2 is 2.15 bits per heavy atom. The topological polar surface area (TPSA) is 69.6 Å². The van der Waals surface area contributed by atoms with E-state index in [0.717, 1.165) is 16.7 Å². The van der Waals surface area contributed by atoms with Crippen molar-refractivity contribution in [2.45, 2.75) is 12.8 Å². The second-order valence-corrected chi connectivity index (χ2v) is 5.76. The Bertz CT molecular complexity index is 507. The summed E-state index contributed by atoms with van der Waals surface area (Å²) < 4.78 is 0.848. The summed E-state index contributed by atoms with van der Waals surface area (Å²) in [4.78, 5) is 24.7. The number of halogens is 1. The van der Waals surface area contributed by atoms with Gasteiger partial charge >= 0.3 is 5.97 Å². The molecule has 1 heterocycles. The lowest BCUT2D eigenvalue weighted by atomic mass is 10.1. The second kappa shape index (κ2) is 6.85. The largest absolute Gasteiger partial charge is 0.481 e. The van der Waals surface area contributed by atoms with E-state index < -0.39 is 5.97 Å². The number of rotatable bonds is 5. The van der Waals surface area contributed by atoms with Gasteiger partial charge in [-0.2, -0.15) is 0 Å². The van der Waals surface area contributed by atoms with Gasteiger partial charge in [-0.25, -0.2) is 0 Å². The van der Waals surface area contributed by atoms with Crippen molar-refractivity contribution in [3.05, 3.63) is 28.7 Å². The molecule has 6 heteroatoms. The van der Waals surface area contributed by atoms with Crippen molar-refractivity contribution >= 4 is 33.5 Å². The molecule has 1 saturated heterocycles. The number of benzene rings is 1. The standard InChI is InChI=1S/C14H17BrN2O3/c15-11-3-1-2-4-12(11)16-13(18)6-8-17-7-5-10(9-17)14(19)20/h1-4,10H,5-9H2,(H,16,18)(H,19,20). The van der Waals surface area contributed by atoms with E-state index in [1.54, 1.807) is 0 Å². The molecule has 1 unspecified atom stereocenters. The highest BCUT2D eigenvalue weighted by Gasteiger charge is 2.27. The van der Waals surface area contributed by atoms with E-state index in [-0.39, 0.29) is 11.8 Å². The molecule has 0 radical (unpaired) electrons. The number of amides is 1. The van der Waals surface area contributed by atoms with E-state index in [4.69, 9.17) is 5.11 Å². The number of nitrogens with zero attached hydrogens (tertiary/aromatic N) is 1. The maximum atomic E-state index is 11.9. The normalized spacial score (nSPS) is 18.9. The summed E-state index contributed by atoms with van der Waals surface area (Å²) in [5.41, 5.74) is 0.752. The Labute approximate surface area is 126 Å². The van der Waals surface area contributed by atoms with Crippen molar-refractivity contribution in [3.63, 3.8) is 0 Å². The summed E-state index contributed by atoms with van der Waals surface area (Å²) in [5.74, 6) is -1.10. The van der Waals surface area contributed by atoms with Crippen molar-refractivity contribution in [2.75, 3.05) is 25.0 Å². The molecule has 1 atom stereocenters. The van der Waals surface area contributed by atoms with E-state index in [2.05, 4.69) is 21.2 Å². The van der Waals surface area contributed by atoms with Gasteiger partial charge in [-0.1, -0.05) is 12.1 Å². The molecule has 0 bridgehead atoms. The number of hydrogen-bond donors (Lipinski definition) is 2. The zero-order valence-corrected chi connectivity index (χ0v) is 12.6. The quantitative estimate of drug-likeness (QED) is 0.861. The first-order chi connectivity index (χ1) is 9.56. The van der Waals surface area contributed by atoms with Crippen molar-refractivity contribution in [2.24, 2.45) is 5.92 Å². The van der Waals surface area contributed by atoms with E-state index in [9.17, 15) is 9.59 Å². The molecule has 0 spiro atoms. The zero-order valence-electron chi connectivity index (χ0n) is 11.0. The number of hydrogen-bond acceptors (Lipinski definition) is 3. The predicted molar refractivity (Wildman–Crippen MR) is 79.6 cm³/mol. The number of anilines is 1. The number of carboxylic acid groups (broad SMARTS) is 1. The van der Waals surface area contributed by atoms with E-state index >= 15 is 0 Å². The van der Waals surface area contributed by atoms with Crippen molar-refractivity contribution in [1.82, 2.24) is 4.90 Å². The Balaban J connectivity index is 1.76. The van der Waals surface area contributed by atoms with Gasteiger partial charge in [0.2, 0.25) is 5.91 Å². The molecule has 1 aromatic carbocycles. The molecular formula is C14H17BrN2O3. The molecule has 1 amide bonds. The summed E-state index contributed by atoms with van der Waals surface area (Å²) >= 11 is 3.38. The Morgan fingerprint density at radius 1 is 1.40 bits per heavy atom. The molecule has 1 aliphatic heterocycles. The summed E-state index contributed by atoms with van der Waals surface area (Å²) in [7, 11) is 0. The number of nitrogens with one attached hydrogen (secondary N) is 1. The first-order valence-corrected chi connectivity index (χ1v) is 7.35. The predicted octanol–water partition coefficient (Wildman–Crippen LogP) is 2.18. The maximum Gasteiger partial charge on any atom is 0.307 e. The fourth-order valence-electron chi connectivity index (χ4n) is 2.27. The third kappa shape index (κ3) is 4.05. The first kappa shape index (κ1) is 15.0. The molecular weight excluding hydrogens is 324 g/mol. The zero-order chi connectivity index (χ0) is 14.5. The number of aliphatic carboxylic acids is 1. The SMILES string of the molecule is O=C(CCN1CCC(C(=O)O)C1)Nc1ccccc1Br. The monoisotopic (exact) mass is 340 g/mol. The van der Waals surface area contributed by atoms with Crippen molar-refractivity contribution in [1.29, 1.82) is 0 Å². The van der Waals surface area contributed by atoms with Gasteiger partial charge in [-0.05, 0) is 41.0 Å². The molecule has 2 rings (SSSR count). The van der Waals surface area contributed by atoms with Crippen LogP contribution < -0.4 is 5.32 Å². The molecule has 1 fully saturated rings. The van der Waals surface area contributed by atoms with E-state index in [0.29, 0.717) is 25.9 Å². The second-order valence-electron chi connectivity index (χ2n) is 4.90. The maximum absolute atomic E-state index is 11.9. The van der Waals surface area contributed by atoms with Crippen LogP contribution in [0.5, 0.6) is 0 Å². The molecule has 2 N–H and O–H groups in total.